The average molecular weight is 314 g/mol. The highest BCUT2D eigenvalue weighted by Gasteiger charge is 2.16. The number of halogens is 1. The van der Waals surface area contributed by atoms with E-state index in [2.05, 4.69) is 10.6 Å². The van der Waals surface area contributed by atoms with Crippen molar-refractivity contribution in [3.8, 4) is 0 Å². The second kappa shape index (κ2) is 9.37. The van der Waals surface area contributed by atoms with Crippen molar-refractivity contribution in [3.63, 3.8) is 0 Å². The fraction of sp³-hybridized carbons (Fsp3) is 0.467. The first-order valence-electron chi connectivity index (χ1n) is 6.80. The minimum atomic E-state index is -0.479. The molecule has 0 saturated carbocycles. The highest BCUT2D eigenvalue weighted by Crippen LogP contribution is 2.06. The minimum absolute atomic E-state index is 0. The van der Waals surface area contributed by atoms with Gasteiger partial charge in [0.25, 0.3) is 5.91 Å². The van der Waals surface area contributed by atoms with Crippen LogP contribution < -0.4 is 16.4 Å². The number of hydrogen-bond donors (Lipinski definition) is 3. The van der Waals surface area contributed by atoms with Gasteiger partial charge in [0.05, 0.1) is 6.04 Å². The van der Waals surface area contributed by atoms with E-state index < -0.39 is 6.04 Å². The first-order valence-corrected chi connectivity index (χ1v) is 6.80. The fourth-order valence-electron chi connectivity index (χ4n) is 1.76. The van der Waals surface area contributed by atoms with E-state index in [0.717, 1.165) is 5.56 Å². The van der Waals surface area contributed by atoms with E-state index in [1.54, 1.807) is 13.1 Å². The van der Waals surface area contributed by atoms with E-state index in [4.69, 9.17) is 5.73 Å². The van der Waals surface area contributed by atoms with Crippen LogP contribution >= 0.6 is 12.4 Å². The molecule has 4 N–H and O–H groups in total. The number of nitrogens with one attached hydrogen (secondary N) is 2. The predicted molar refractivity (Wildman–Crippen MR) is 86.6 cm³/mol. The van der Waals surface area contributed by atoms with Gasteiger partial charge in [0.2, 0.25) is 5.91 Å². The Balaban J connectivity index is 0.00000400. The molecule has 0 aliphatic heterocycles. The second-order valence-corrected chi connectivity index (χ2v) is 5.09. The van der Waals surface area contributed by atoms with Gasteiger partial charge in [-0.05, 0) is 30.0 Å². The van der Waals surface area contributed by atoms with E-state index in [-0.39, 0.29) is 30.1 Å². The lowest BCUT2D eigenvalue weighted by Crippen LogP contribution is -2.44. The largest absolute Gasteiger partial charge is 0.355 e. The second-order valence-electron chi connectivity index (χ2n) is 5.09. The molecule has 0 aliphatic carbocycles. The van der Waals surface area contributed by atoms with Crippen molar-refractivity contribution >= 4 is 24.2 Å². The Hall–Kier alpha value is -1.59. The van der Waals surface area contributed by atoms with Gasteiger partial charge in [0.1, 0.15) is 0 Å². The molecule has 0 aromatic heterocycles. The van der Waals surface area contributed by atoms with Crippen molar-refractivity contribution < 1.29 is 9.59 Å². The third kappa shape index (κ3) is 6.14. The first kappa shape index (κ1) is 19.4. The first-order chi connectivity index (χ1) is 9.45. The van der Waals surface area contributed by atoms with Crippen molar-refractivity contribution in [1.82, 2.24) is 10.6 Å². The maximum Gasteiger partial charge on any atom is 0.251 e. The lowest BCUT2D eigenvalue weighted by atomic mass is 10.0. The van der Waals surface area contributed by atoms with Gasteiger partial charge < -0.3 is 16.4 Å². The Kier molecular flexibility index (Phi) is 8.66. The van der Waals surface area contributed by atoms with Gasteiger partial charge in [0, 0.05) is 19.2 Å². The summed E-state index contributed by atoms with van der Waals surface area (Å²) >= 11 is 0. The van der Waals surface area contributed by atoms with Crippen molar-refractivity contribution in [2.24, 2.45) is 11.7 Å². The summed E-state index contributed by atoms with van der Waals surface area (Å²) in [5, 5.41) is 5.40. The third-order valence-electron chi connectivity index (χ3n) is 3.15. The zero-order chi connectivity index (χ0) is 15.1. The monoisotopic (exact) mass is 313 g/mol. The Bertz CT molecular complexity index is 478. The number of carbonyl (C=O) groups excluding carboxylic acids is 2. The molecule has 0 radical (unpaired) electrons. The zero-order valence-electron chi connectivity index (χ0n) is 12.7. The molecule has 1 aromatic carbocycles. The zero-order valence-corrected chi connectivity index (χ0v) is 13.5. The predicted octanol–water partition coefficient (Wildman–Crippen LogP) is 1.11. The molecule has 1 atom stereocenters. The number of benzene rings is 1. The van der Waals surface area contributed by atoms with Crippen LogP contribution in [0.3, 0.4) is 0 Å². The molecule has 5 nitrogen and oxygen atoms in total. The summed E-state index contributed by atoms with van der Waals surface area (Å²) in [6.07, 6.45) is 0.668. The van der Waals surface area contributed by atoms with E-state index in [9.17, 15) is 9.59 Å². The maximum atomic E-state index is 11.7. The van der Waals surface area contributed by atoms with Gasteiger partial charge in [0.15, 0.2) is 0 Å². The molecule has 118 valence electrons. The van der Waals surface area contributed by atoms with Gasteiger partial charge in [-0.15, -0.1) is 12.4 Å². The van der Waals surface area contributed by atoms with Crippen molar-refractivity contribution in [2.45, 2.75) is 26.3 Å². The third-order valence-corrected chi connectivity index (χ3v) is 3.15. The smallest absolute Gasteiger partial charge is 0.251 e. The lowest BCUT2D eigenvalue weighted by Gasteiger charge is -2.15. The molecule has 0 fully saturated rings. The Morgan fingerprint density at radius 1 is 1.29 bits per heavy atom. The average Bonchev–Trinajstić information content (AvgIpc) is 2.45. The Morgan fingerprint density at radius 3 is 2.52 bits per heavy atom. The number of hydrogen-bond acceptors (Lipinski definition) is 3. The summed E-state index contributed by atoms with van der Waals surface area (Å²) in [4.78, 5) is 23.2. The Labute approximate surface area is 132 Å². The molecule has 0 aliphatic rings. The summed E-state index contributed by atoms with van der Waals surface area (Å²) in [6, 6.07) is 6.87. The number of carbonyl (C=O) groups is 2. The van der Waals surface area contributed by atoms with Crippen LogP contribution in [0, 0.1) is 5.92 Å². The van der Waals surface area contributed by atoms with E-state index in [0.29, 0.717) is 18.5 Å². The van der Waals surface area contributed by atoms with Crippen molar-refractivity contribution in [1.29, 1.82) is 0 Å². The number of nitrogens with two attached hydrogens (primary N) is 1. The molecule has 0 unspecified atom stereocenters. The number of amides is 2. The van der Waals surface area contributed by atoms with Crippen LogP contribution in [0.4, 0.5) is 0 Å². The van der Waals surface area contributed by atoms with Gasteiger partial charge >= 0.3 is 0 Å². The molecule has 2 amide bonds. The SMILES string of the molecule is CNC(=O)c1cccc(CCNC(=O)[C@@H](N)C(C)C)c1.Cl. The fourth-order valence-corrected chi connectivity index (χ4v) is 1.76. The van der Waals surface area contributed by atoms with Crippen molar-refractivity contribution in [3.05, 3.63) is 35.4 Å². The number of rotatable bonds is 6. The molecule has 6 heteroatoms. The minimum Gasteiger partial charge on any atom is -0.355 e. The van der Waals surface area contributed by atoms with Gasteiger partial charge in [-0.3, -0.25) is 9.59 Å². The highest BCUT2D eigenvalue weighted by molar-refractivity contribution is 5.94. The van der Waals surface area contributed by atoms with Crippen LogP contribution in [0.1, 0.15) is 29.8 Å². The van der Waals surface area contributed by atoms with Gasteiger partial charge in [-0.25, -0.2) is 0 Å². The molecule has 0 bridgehead atoms. The van der Waals surface area contributed by atoms with Gasteiger partial charge in [-0.2, -0.15) is 0 Å². The van der Waals surface area contributed by atoms with Crippen LogP contribution in [0.25, 0.3) is 0 Å². The lowest BCUT2D eigenvalue weighted by molar-refractivity contribution is -0.123. The summed E-state index contributed by atoms with van der Waals surface area (Å²) in [5.41, 5.74) is 7.38. The standard InChI is InChI=1S/C15H23N3O2.ClH/c1-10(2)13(16)15(20)18-8-7-11-5-4-6-12(9-11)14(19)17-3;/h4-6,9-10,13H,7-8,16H2,1-3H3,(H,17,19)(H,18,20);1H/t13-;/m0./s1. The van der Waals surface area contributed by atoms with Crippen LogP contribution in [0.15, 0.2) is 24.3 Å². The van der Waals surface area contributed by atoms with Crippen LogP contribution in [-0.4, -0.2) is 31.4 Å². The van der Waals surface area contributed by atoms with E-state index in [1.807, 2.05) is 32.0 Å². The summed E-state index contributed by atoms with van der Waals surface area (Å²) in [5.74, 6) is -0.133. The normalized spacial score (nSPS) is 11.5. The molecule has 1 aromatic rings. The topological polar surface area (TPSA) is 84.2 Å². The molecule has 0 saturated heterocycles. The maximum absolute atomic E-state index is 11.7. The summed E-state index contributed by atoms with van der Waals surface area (Å²) in [6.45, 7) is 4.34. The molecule has 21 heavy (non-hydrogen) atoms. The van der Waals surface area contributed by atoms with E-state index >= 15 is 0 Å². The van der Waals surface area contributed by atoms with Gasteiger partial charge in [-0.1, -0.05) is 26.0 Å². The molecular formula is C15H24ClN3O2. The van der Waals surface area contributed by atoms with Crippen LogP contribution in [0.5, 0.6) is 0 Å². The Morgan fingerprint density at radius 2 is 1.95 bits per heavy atom. The summed E-state index contributed by atoms with van der Waals surface area (Å²) < 4.78 is 0. The molecule has 1 rings (SSSR count). The quantitative estimate of drug-likeness (QED) is 0.735. The molecule has 0 heterocycles. The van der Waals surface area contributed by atoms with Crippen molar-refractivity contribution in [2.75, 3.05) is 13.6 Å². The molecular weight excluding hydrogens is 290 g/mol. The van der Waals surface area contributed by atoms with Crippen LogP contribution in [0.2, 0.25) is 0 Å². The summed E-state index contributed by atoms with van der Waals surface area (Å²) in [7, 11) is 1.60. The highest BCUT2D eigenvalue weighted by atomic mass is 35.5. The van der Waals surface area contributed by atoms with E-state index in [1.165, 1.54) is 0 Å². The molecule has 0 spiro atoms. The van der Waals surface area contributed by atoms with Crippen LogP contribution in [-0.2, 0) is 11.2 Å².